The van der Waals surface area contributed by atoms with E-state index < -0.39 is 0 Å². The topological polar surface area (TPSA) is 72.8 Å². The minimum Gasteiger partial charge on any atom is -0.486 e. The first kappa shape index (κ1) is 18.3. The number of amides is 2. The van der Waals surface area contributed by atoms with Crippen molar-refractivity contribution in [3.8, 4) is 11.5 Å². The van der Waals surface area contributed by atoms with Crippen LogP contribution in [0.2, 0.25) is 0 Å². The molecule has 1 aliphatic heterocycles. The lowest BCUT2D eigenvalue weighted by Gasteiger charge is -2.21. The van der Waals surface area contributed by atoms with Gasteiger partial charge in [-0.15, -0.1) is 0 Å². The number of hydrogen-bond acceptors (Lipinski definition) is 4. The number of aromatic nitrogens is 1. The van der Waals surface area contributed by atoms with E-state index >= 15 is 0 Å². The monoisotopic (exact) mass is 421 g/mol. The molecule has 26 heavy (non-hydrogen) atoms. The lowest BCUT2D eigenvalue weighted by atomic mass is 10.2. The van der Waals surface area contributed by atoms with E-state index in [1.165, 1.54) is 4.90 Å². The third-order valence-electron chi connectivity index (χ3n) is 4.02. The molecule has 0 bridgehead atoms. The number of carbonyl (C=O) groups is 2. The second kappa shape index (κ2) is 7.82. The predicted octanol–water partition coefficient (Wildman–Crippen LogP) is 2.66. The van der Waals surface area contributed by atoms with Crippen molar-refractivity contribution in [3.05, 3.63) is 40.6 Å². The van der Waals surface area contributed by atoms with Crippen molar-refractivity contribution < 1.29 is 19.1 Å². The summed E-state index contributed by atoms with van der Waals surface area (Å²) in [6, 6.07) is 6.97. The van der Waals surface area contributed by atoms with Gasteiger partial charge in [-0.2, -0.15) is 0 Å². The number of anilines is 1. The molecule has 0 saturated carbocycles. The van der Waals surface area contributed by atoms with Crippen molar-refractivity contribution in [3.63, 3.8) is 0 Å². The highest BCUT2D eigenvalue weighted by atomic mass is 79.9. The molecule has 0 atom stereocenters. The Morgan fingerprint density at radius 3 is 2.62 bits per heavy atom. The Kier molecular flexibility index (Phi) is 5.51. The van der Waals surface area contributed by atoms with Gasteiger partial charge >= 0.3 is 0 Å². The largest absolute Gasteiger partial charge is 0.486 e. The van der Waals surface area contributed by atoms with E-state index in [1.54, 1.807) is 42.1 Å². The van der Waals surface area contributed by atoms with Crippen molar-refractivity contribution in [1.29, 1.82) is 0 Å². The van der Waals surface area contributed by atoms with E-state index in [0.29, 0.717) is 42.6 Å². The molecule has 1 aromatic heterocycles. The van der Waals surface area contributed by atoms with Crippen LogP contribution in [0.15, 0.2) is 34.9 Å². The van der Waals surface area contributed by atoms with Crippen LogP contribution >= 0.6 is 15.9 Å². The Bertz CT molecular complexity index is 834. The van der Waals surface area contributed by atoms with Crippen LogP contribution < -0.4 is 14.8 Å². The molecule has 8 heteroatoms. The number of nitrogens with one attached hydrogen (secondary N) is 1. The number of likely N-dealkylation sites (N-methyl/N-ethyl adjacent to an activating group) is 1. The summed E-state index contributed by atoms with van der Waals surface area (Å²) in [5.74, 6) is 0.795. The minimum absolute atomic E-state index is 0.0351. The van der Waals surface area contributed by atoms with Crippen LogP contribution in [0.3, 0.4) is 0 Å². The van der Waals surface area contributed by atoms with Gasteiger partial charge in [0.25, 0.3) is 5.91 Å². The zero-order valence-electron chi connectivity index (χ0n) is 14.6. The van der Waals surface area contributed by atoms with Crippen molar-refractivity contribution in [2.45, 2.75) is 6.92 Å². The molecular weight excluding hydrogens is 402 g/mol. The summed E-state index contributed by atoms with van der Waals surface area (Å²) in [5.41, 5.74) is 1.12. The lowest BCUT2D eigenvalue weighted by Crippen LogP contribution is -2.38. The van der Waals surface area contributed by atoms with E-state index in [2.05, 4.69) is 21.2 Å². The first-order valence-corrected chi connectivity index (χ1v) is 9.08. The van der Waals surface area contributed by atoms with Crippen LogP contribution in [0.4, 0.5) is 5.69 Å². The molecule has 138 valence electrons. The van der Waals surface area contributed by atoms with Gasteiger partial charge in [0.1, 0.15) is 25.5 Å². The van der Waals surface area contributed by atoms with Gasteiger partial charge in [0, 0.05) is 36.0 Å². The summed E-state index contributed by atoms with van der Waals surface area (Å²) >= 11 is 3.35. The molecule has 3 rings (SSSR count). The Morgan fingerprint density at radius 1 is 1.23 bits per heavy atom. The van der Waals surface area contributed by atoms with Gasteiger partial charge in [0.2, 0.25) is 5.91 Å². The highest BCUT2D eigenvalue weighted by Crippen LogP contribution is 2.32. The fourth-order valence-electron chi connectivity index (χ4n) is 2.72. The molecule has 7 nitrogen and oxygen atoms in total. The molecule has 0 fully saturated rings. The fourth-order valence-corrected chi connectivity index (χ4v) is 3.24. The average molecular weight is 422 g/mol. The molecule has 2 aromatic rings. The molecular formula is C18H20BrN3O4. The van der Waals surface area contributed by atoms with Gasteiger partial charge in [0.05, 0.1) is 0 Å². The predicted molar refractivity (Wildman–Crippen MR) is 101 cm³/mol. The number of benzene rings is 1. The van der Waals surface area contributed by atoms with Gasteiger partial charge in [-0.1, -0.05) is 0 Å². The zero-order valence-corrected chi connectivity index (χ0v) is 16.2. The molecule has 2 amide bonds. The number of hydrogen-bond donors (Lipinski definition) is 1. The fraction of sp³-hybridized carbons (Fsp3) is 0.333. The smallest absolute Gasteiger partial charge is 0.270 e. The Labute approximate surface area is 160 Å². The summed E-state index contributed by atoms with van der Waals surface area (Å²) in [4.78, 5) is 26.5. The minimum atomic E-state index is -0.273. The Hall–Kier alpha value is -2.48. The SMILES string of the molecule is CCN(CC(=O)Nc1ccc2c(c1)OCCO2)C(=O)c1cc(Br)cn1C. The van der Waals surface area contributed by atoms with Crippen LogP contribution in [-0.4, -0.2) is 47.6 Å². The number of nitrogens with zero attached hydrogens (tertiary/aromatic N) is 2. The number of rotatable bonds is 5. The van der Waals surface area contributed by atoms with Gasteiger partial charge < -0.3 is 24.3 Å². The van der Waals surface area contributed by atoms with Crippen LogP contribution in [-0.2, 0) is 11.8 Å². The van der Waals surface area contributed by atoms with Gasteiger partial charge in [-0.25, -0.2) is 0 Å². The normalized spacial score (nSPS) is 12.6. The molecule has 1 aromatic carbocycles. The quantitative estimate of drug-likeness (QED) is 0.805. The second-order valence-corrected chi connectivity index (χ2v) is 6.80. The molecule has 1 N–H and O–H groups in total. The number of carbonyl (C=O) groups excluding carboxylic acids is 2. The number of ether oxygens (including phenoxy) is 2. The molecule has 2 heterocycles. The third kappa shape index (κ3) is 4.01. The summed E-state index contributed by atoms with van der Waals surface area (Å²) in [6.45, 7) is 3.23. The van der Waals surface area contributed by atoms with E-state index in [-0.39, 0.29) is 18.4 Å². The third-order valence-corrected chi connectivity index (χ3v) is 4.45. The Balaban J connectivity index is 1.66. The van der Waals surface area contributed by atoms with Crippen molar-refractivity contribution in [1.82, 2.24) is 9.47 Å². The molecule has 1 aliphatic rings. The molecule has 0 saturated heterocycles. The van der Waals surface area contributed by atoms with E-state index in [4.69, 9.17) is 9.47 Å². The summed E-state index contributed by atoms with van der Waals surface area (Å²) in [7, 11) is 1.79. The number of halogens is 1. The van der Waals surface area contributed by atoms with E-state index in [1.807, 2.05) is 6.92 Å². The highest BCUT2D eigenvalue weighted by Gasteiger charge is 2.21. The van der Waals surface area contributed by atoms with Gasteiger partial charge in [-0.3, -0.25) is 9.59 Å². The van der Waals surface area contributed by atoms with Gasteiger partial charge in [-0.05, 0) is 41.1 Å². The summed E-state index contributed by atoms with van der Waals surface area (Å²) in [6.07, 6.45) is 1.80. The van der Waals surface area contributed by atoms with E-state index in [9.17, 15) is 9.59 Å². The second-order valence-electron chi connectivity index (χ2n) is 5.88. The summed E-state index contributed by atoms with van der Waals surface area (Å²) < 4.78 is 13.5. The van der Waals surface area contributed by atoms with Crippen molar-refractivity contribution in [2.75, 3.05) is 31.6 Å². The average Bonchev–Trinajstić information content (AvgIpc) is 2.97. The standard InChI is InChI=1S/C18H20BrN3O4/c1-3-22(18(24)14-8-12(19)10-21(14)2)11-17(23)20-13-4-5-15-16(9-13)26-7-6-25-15/h4-5,8-10H,3,6-7,11H2,1-2H3,(H,20,23). The lowest BCUT2D eigenvalue weighted by molar-refractivity contribution is -0.116. The van der Waals surface area contributed by atoms with Crippen LogP contribution in [0.25, 0.3) is 0 Å². The first-order valence-electron chi connectivity index (χ1n) is 8.28. The first-order chi connectivity index (χ1) is 12.5. The van der Waals surface area contributed by atoms with Crippen molar-refractivity contribution >= 4 is 33.4 Å². The maximum atomic E-state index is 12.7. The highest BCUT2D eigenvalue weighted by molar-refractivity contribution is 9.10. The maximum absolute atomic E-state index is 12.7. The molecule has 0 radical (unpaired) electrons. The maximum Gasteiger partial charge on any atom is 0.270 e. The summed E-state index contributed by atoms with van der Waals surface area (Å²) in [5, 5.41) is 2.80. The van der Waals surface area contributed by atoms with E-state index in [0.717, 1.165) is 4.47 Å². The van der Waals surface area contributed by atoms with Gasteiger partial charge in [0.15, 0.2) is 11.5 Å². The van der Waals surface area contributed by atoms with Crippen LogP contribution in [0.1, 0.15) is 17.4 Å². The molecule has 0 unspecified atom stereocenters. The number of fused-ring (bicyclic) bond motifs is 1. The zero-order chi connectivity index (χ0) is 18.7. The van der Waals surface area contributed by atoms with Crippen molar-refractivity contribution in [2.24, 2.45) is 7.05 Å². The molecule has 0 aliphatic carbocycles. The molecule has 0 spiro atoms. The Morgan fingerprint density at radius 2 is 1.96 bits per heavy atom. The van der Waals surface area contributed by atoms with Crippen LogP contribution in [0, 0.1) is 0 Å². The van der Waals surface area contributed by atoms with Crippen LogP contribution in [0.5, 0.6) is 11.5 Å². The number of aryl methyl sites for hydroxylation is 1.